The molecular formula is C24H20F2N2O6. The Labute approximate surface area is 192 Å². The van der Waals surface area contributed by atoms with Crippen molar-refractivity contribution in [1.82, 2.24) is 4.98 Å². The van der Waals surface area contributed by atoms with Crippen molar-refractivity contribution in [3.63, 3.8) is 0 Å². The minimum absolute atomic E-state index is 0.0920. The van der Waals surface area contributed by atoms with Gasteiger partial charge < -0.3 is 25.0 Å². The molecule has 1 aliphatic heterocycles. The van der Waals surface area contributed by atoms with E-state index in [1.165, 1.54) is 37.3 Å². The predicted molar refractivity (Wildman–Crippen MR) is 117 cm³/mol. The van der Waals surface area contributed by atoms with Crippen LogP contribution in [0.2, 0.25) is 0 Å². The van der Waals surface area contributed by atoms with Gasteiger partial charge in [0.2, 0.25) is 5.91 Å². The Bertz CT molecular complexity index is 1300. The molecule has 1 aliphatic rings. The summed E-state index contributed by atoms with van der Waals surface area (Å²) in [6, 6.07) is 13.4. The monoisotopic (exact) mass is 470 g/mol. The number of hydrogen-bond donors (Lipinski definition) is 3. The van der Waals surface area contributed by atoms with Gasteiger partial charge in [-0.05, 0) is 55.3 Å². The fourth-order valence-electron chi connectivity index (χ4n) is 3.53. The van der Waals surface area contributed by atoms with Gasteiger partial charge in [-0.25, -0.2) is 9.78 Å². The van der Waals surface area contributed by atoms with Crippen molar-refractivity contribution < 1.29 is 38.1 Å². The van der Waals surface area contributed by atoms with Gasteiger partial charge in [0.1, 0.15) is 5.82 Å². The van der Waals surface area contributed by atoms with Crippen LogP contribution in [0.1, 0.15) is 28.4 Å². The van der Waals surface area contributed by atoms with Crippen LogP contribution in [0.5, 0.6) is 11.5 Å². The Hall–Kier alpha value is -4.05. The topological polar surface area (TPSA) is 118 Å². The van der Waals surface area contributed by atoms with Crippen LogP contribution in [0, 0.1) is 6.92 Å². The Balaban J connectivity index is 1.63. The molecule has 176 valence electrons. The van der Waals surface area contributed by atoms with Crippen LogP contribution in [0.25, 0.3) is 11.3 Å². The summed E-state index contributed by atoms with van der Waals surface area (Å²) >= 11 is 0. The number of aromatic nitrogens is 1. The van der Waals surface area contributed by atoms with Gasteiger partial charge in [-0.15, -0.1) is 8.78 Å². The first-order valence-electron chi connectivity index (χ1n) is 10.2. The number of carboxylic acids is 1. The number of aryl methyl sites for hydroxylation is 1. The zero-order chi connectivity index (χ0) is 24.7. The maximum atomic E-state index is 13.4. The summed E-state index contributed by atoms with van der Waals surface area (Å²) in [5.74, 6) is -1.98. The van der Waals surface area contributed by atoms with E-state index in [1.54, 1.807) is 31.2 Å². The van der Waals surface area contributed by atoms with Gasteiger partial charge in [-0.2, -0.15) is 0 Å². The van der Waals surface area contributed by atoms with E-state index in [2.05, 4.69) is 19.8 Å². The molecule has 2 aromatic carbocycles. The lowest BCUT2D eigenvalue weighted by Crippen LogP contribution is -2.41. The third-order valence-electron chi connectivity index (χ3n) is 5.58. The Morgan fingerprint density at radius 1 is 1.09 bits per heavy atom. The standard InChI is InChI=1S/C24H20F2N2O6/c1-13-6-9-19(27-20(13)14-4-3-5-15(10-14)21(30)31)28-22(32)23(2,12-29)16-7-8-17-18(11-16)34-24(25,26)33-17/h3-11,29H,12H2,1-2H3,(H,30,31)(H,27,28,32). The Morgan fingerprint density at radius 3 is 2.53 bits per heavy atom. The summed E-state index contributed by atoms with van der Waals surface area (Å²) in [7, 11) is 0. The fourth-order valence-corrected chi connectivity index (χ4v) is 3.53. The highest BCUT2D eigenvalue weighted by Gasteiger charge is 2.45. The molecular weight excluding hydrogens is 450 g/mol. The maximum absolute atomic E-state index is 13.4. The summed E-state index contributed by atoms with van der Waals surface area (Å²) in [6.07, 6.45) is -3.81. The second-order valence-electron chi connectivity index (χ2n) is 8.02. The number of carbonyl (C=O) groups is 2. The third-order valence-corrected chi connectivity index (χ3v) is 5.58. The number of halogens is 2. The van der Waals surface area contributed by atoms with Gasteiger partial charge in [-0.1, -0.05) is 24.3 Å². The number of fused-ring (bicyclic) bond motifs is 1. The minimum Gasteiger partial charge on any atom is -0.478 e. The Kier molecular flexibility index (Phi) is 5.70. The molecule has 2 heterocycles. The van der Waals surface area contributed by atoms with Crippen LogP contribution < -0.4 is 14.8 Å². The number of ether oxygens (including phenoxy) is 2. The second-order valence-corrected chi connectivity index (χ2v) is 8.02. The number of amides is 1. The third kappa shape index (κ3) is 4.27. The van der Waals surface area contributed by atoms with Crippen molar-refractivity contribution in [3.8, 4) is 22.8 Å². The van der Waals surface area contributed by atoms with Crippen molar-refractivity contribution in [2.24, 2.45) is 0 Å². The van der Waals surface area contributed by atoms with Gasteiger partial charge in [-0.3, -0.25) is 4.79 Å². The number of pyridine rings is 1. The number of benzene rings is 2. The SMILES string of the molecule is Cc1ccc(NC(=O)C(C)(CO)c2ccc3c(c2)OC(F)(F)O3)nc1-c1cccc(C(=O)O)c1. The number of hydrogen-bond acceptors (Lipinski definition) is 6. The van der Waals surface area contributed by atoms with Crippen molar-refractivity contribution in [1.29, 1.82) is 0 Å². The van der Waals surface area contributed by atoms with Gasteiger partial charge in [0.05, 0.1) is 23.3 Å². The number of nitrogens with zero attached hydrogens (tertiary/aromatic N) is 1. The largest absolute Gasteiger partial charge is 0.586 e. The second kappa shape index (κ2) is 8.38. The van der Waals surface area contributed by atoms with Crippen molar-refractivity contribution in [3.05, 3.63) is 71.3 Å². The molecule has 1 amide bonds. The van der Waals surface area contributed by atoms with Crippen LogP contribution in [-0.2, 0) is 10.2 Å². The van der Waals surface area contributed by atoms with Gasteiger partial charge >= 0.3 is 12.3 Å². The summed E-state index contributed by atoms with van der Waals surface area (Å²) in [6.45, 7) is 2.61. The van der Waals surface area contributed by atoms with Crippen LogP contribution in [0.3, 0.4) is 0 Å². The number of aromatic carboxylic acids is 1. The zero-order valence-corrected chi connectivity index (χ0v) is 18.1. The average Bonchev–Trinajstić information content (AvgIpc) is 3.12. The zero-order valence-electron chi connectivity index (χ0n) is 18.1. The number of anilines is 1. The highest BCUT2D eigenvalue weighted by molar-refractivity contribution is 5.99. The van der Waals surface area contributed by atoms with Gasteiger partial charge in [0.25, 0.3) is 0 Å². The molecule has 10 heteroatoms. The van der Waals surface area contributed by atoms with E-state index in [1.807, 2.05) is 0 Å². The molecule has 3 aromatic rings. The smallest absolute Gasteiger partial charge is 0.478 e. The number of nitrogens with one attached hydrogen (secondary N) is 1. The number of rotatable bonds is 6. The lowest BCUT2D eigenvalue weighted by atomic mass is 9.82. The highest BCUT2D eigenvalue weighted by Crippen LogP contribution is 2.43. The number of carboxylic acid groups (broad SMARTS) is 1. The summed E-state index contributed by atoms with van der Waals surface area (Å²) in [5, 5.41) is 21.9. The van der Waals surface area contributed by atoms with E-state index >= 15 is 0 Å². The van der Waals surface area contributed by atoms with Crippen LogP contribution in [0.15, 0.2) is 54.6 Å². The van der Waals surface area contributed by atoms with E-state index in [4.69, 9.17) is 0 Å². The molecule has 0 bridgehead atoms. The molecule has 1 atom stereocenters. The fraction of sp³-hybridized carbons (Fsp3) is 0.208. The molecule has 4 rings (SSSR count). The normalized spacial score (nSPS) is 15.4. The molecule has 0 spiro atoms. The average molecular weight is 470 g/mol. The van der Waals surface area contributed by atoms with Crippen molar-refractivity contribution in [2.75, 3.05) is 11.9 Å². The molecule has 0 saturated carbocycles. The number of aliphatic hydroxyl groups excluding tert-OH is 1. The first-order valence-corrected chi connectivity index (χ1v) is 10.2. The minimum atomic E-state index is -3.81. The van der Waals surface area contributed by atoms with Crippen molar-refractivity contribution in [2.45, 2.75) is 25.6 Å². The summed E-state index contributed by atoms with van der Waals surface area (Å²) < 4.78 is 35.5. The first-order chi connectivity index (χ1) is 16.0. The molecule has 0 aliphatic carbocycles. The lowest BCUT2D eigenvalue weighted by molar-refractivity contribution is -0.286. The molecule has 8 nitrogen and oxygen atoms in total. The summed E-state index contributed by atoms with van der Waals surface area (Å²) in [4.78, 5) is 28.9. The molecule has 34 heavy (non-hydrogen) atoms. The summed E-state index contributed by atoms with van der Waals surface area (Å²) in [5.41, 5.74) is 0.573. The molecule has 3 N–H and O–H groups in total. The molecule has 0 saturated heterocycles. The van der Waals surface area contributed by atoms with E-state index < -0.39 is 30.2 Å². The van der Waals surface area contributed by atoms with Crippen LogP contribution in [0.4, 0.5) is 14.6 Å². The molecule has 1 aromatic heterocycles. The van der Waals surface area contributed by atoms with Gasteiger partial charge in [0, 0.05) is 5.56 Å². The van der Waals surface area contributed by atoms with Crippen LogP contribution in [-0.4, -0.2) is 40.0 Å². The number of carbonyl (C=O) groups excluding carboxylic acids is 1. The Morgan fingerprint density at radius 2 is 1.82 bits per heavy atom. The number of alkyl halides is 2. The van der Waals surface area contributed by atoms with Crippen LogP contribution >= 0.6 is 0 Å². The molecule has 0 fully saturated rings. The quantitative estimate of drug-likeness (QED) is 0.499. The maximum Gasteiger partial charge on any atom is 0.586 e. The molecule has 0 radical (unpaired) electrons. The number of aliphatic hydroxyl groups is 1. The van der Waals surface area contributed by atoms with E-state index in [9.17, 15) is 28.6 Å². The van der Waals surface area contributed by atoms with Crippen molar-refractivity contribution >= 4 is 17.7 Å². The first kappa shape index (κ1) is 23.1. The van der Waals surface area contributed by atoms with Gasteiger partial charge in [0.15, 0.2) is 11.5 Å². The molecule has 1 unspecified atom stereocenters. The van der Waals surface area contributed by atoms with E-state index in [0.717, 1.165) is 5.56 Å². The van der Waals surface area contributed by atoms with E-state index in [0.29, 0.717) is 11.3 Å². The van der Waals surface area contributed by atoms with E-state index in [-0.39, 0.29) is 28.4 Å². The highest BCUT2D eigenvalue weighted by atomic mass is 19.3. The lowest BCUT2D eigenvalue weighted by Gasteiger charge is -2.26. The predicted octanol–water partition coefficient (Wildman–Crippen LogP) is 3.97.